The second-order valence-corrected chi connectivity index (χ2v) is 21.9. The molecule has 0 spiro atoms. The van der Waals surface area contributed by atoms with E-state index >= 15 is 0 Å². The van der Waals surface area contributed by atoms with Gasteiger partial charge in [-0.2, -0.15) is 0 Å². The van der Waals surface area contributed by atoms with Crippen LogP contribution in [0.3, 0.4) is 0 Å². The van der Waals surface area contributed by atoms with E-state index in [4.69, 9.17) is 15.2 Å². The Hall–Kier alpha value is -9.58. The molecule has 1 aliphatic heterocycles. The monoisotopic (exact) mass is 1080 g/mol. The number of aryl methyl sites for hydroxylation is 1. The highest BCUT2D eigenvalue weighted by Gasteiger charge is 2.55. The number of hydrogen-bond acceptors (Lipinski definition) is 4. The van der Waals surface area contributed by atoms with E-state index in [-0.39, 0.29) is 17.3 Å². The molecule has 13 rings (SSSR count). The number of aliphatic imine (C=N–C) groups is 2. The van der Waals surface area contributed by atoms with Gasteiger partial charge in [0.05, 0.1) is 11.8 Å². The molecule has 8 aromatic carbocycles. The van der Waals surface area contributed by atoms with Crippen molar-refractivity contribution in [3.05, 3.63) is 336 Å². The van der Waals surface area contributed by atoms with Gasteiger partial charge in [0.15, 0.2) is 23.0 Å². The first-order chi connectivity index (χ1) is 40.6. The second-order valence-electron chi connectivity index (χ2n) is 21.9. The molecule has 0 bridgehead atoms. The van der Waals surface area contributed by atoms with Crippen LogP contribution in [0.2, 0.25) is 0 Å². The molecule has 8 aromatic rings. The van der Waals surface area contributed by atoms with E-state index in [0.29, 0.717) is 11.5 Å². The third-order valence-corrected chi connectivity index (χ3v) is 16.5. The van der Waals surface area contributed by atoms with E-state index in [2.05, 4.69) is 233 Å². The molecule has 3 unspecified atom stereocenters. The zero-order valence-corrected chi connectivity index (χ0v) is 48.2. The van der Waals surface area contributed by atoms with E-state index in [1.165, 1.54) is 80.4 Å². The molecular formula is C78H73N3O2. The van der Waals surface area contributed by atoms with Crippen LogP contribution in [-0.2, 0) is 16.5 Å². The van der Waals surface area contributed by atoms with Crippen LogP contribution in [-0.4, -0.2) is 13.1 Å². The van der Waals surface area contributed by atoms with E-state index in [1.54, 1.807) is 6.08 Å². The second kappa shape index (κ2) is 25.1. The molecular weight excluding hydrogens is 1010 g/mol. The number of rotatable bonds is 11. The molecule has 0 aromatic heterocycles. The molecule has 5 aliphatic rings. The molecule has 0 saturated carbocycles. The fourth-order valence-electron chi connectivity index (χ4n) is 12.7. The number of nitrogens with two attached hydrogens (primary N) is 1. The fraction of sp³-hybridized carbons (Fsp3) is 0.154. The number of fused-ring (bicyclic) bond motifs is 9. The molecule has 0 amide bonds. The quantitative estimate of drug-likeness (QED) is 0.0607. The maximum atomic E-state index is 6.85. The maximum absolute atomic E-state index is 6.85. The van der Waals surface area contributed by atoms with Crippen molar-refractivity contribution in [2.45, 2.75) is 69.4 Å². The topological polar surface area (TPSA) is 69.2 Å². The normalized spacial score (nSPS) is 17.3. The Morgan fingerprint density at radius 2 is 1.28 bits per heavy atom. The van der Waals surface area contributed by atoms with Crippen LogP contribution < -0.4 is 15.2 Å². The van der Waals surface area contributed by atoms with Gasteiger partial charge in [0.2, 0.25) is 5.66 Å². The summed E-state index contributed by atoms with van der Waals surface area (Å²) < 4.78 is 13.5. The minimum Gasteiger partial charge on any atom is -0.449 e. The largest absolute Gasteiger partial charge is 0.449 e. The Bertz CT molecular complexity index is 3820. The van der Waals surface area contributed by atoms with E-state index in [9.17, 15) is 0 Å². The summed E-state index contributed by atoms with van der Waals surface area (Å²) in [5, 5.41) is 0. The summed E-state index contributed by atoms with van der Waals surface area (Å²) in [7, 11) is 0. The van der Waals surface area contributed by atoms with Crippen LogP contribution in [0.1, 0.15) is 96.0 Å². The van der Waals surface area contributed by atoms with E-state index in [0.717, 1.165) is 40.2 Å². The van der Waals surface area contributed by atoms with Crippen LogP contribution >= 0.6 is 0 Å². The minimum atomic E-state index is -1.04. The first-order valence-electron chi connectivity index (χ1n) is 28.7. The van der Waals surface area contributed by atoms with Crippen LogP contribution in [0.25, 0.3) is 22.3 Å². The number of benzene rings is 8. The molecule has 1 heterocycles. The average molecular weight is 1080 g/mol. The molecule has 3 atom stereocenters. The van der Waals surface area contributed by atoms with Gasteiger partial charge in [0, 0.05) is 33.9 Å². The van der Waals surface area contributed by atoms with Gasteiger partial charge in [-0.05, 0) is 119 Å². The van der Waals surface area contributed by atoms with Gasteiger partial charge < -0.3 is 15.2 Å². The average Bonchev–Trinajstić information content (AvgIpc) is 2.44. The van der Waals surface area contributed by atoms with Gasteiger partial charge in [0.1, 0.15) is 0 Å². The summed E-state index contributed by atoms with van der Waals surface area (Å²) in [6.07, 6.45) is 27.8. The van der Waals surface area contributed by atoms with E-state index < -0.39 is 11.1 Å². The van der Waals surface area contributed by atoms with Gasteiger partial charge >= 0.3 is 0 Å². The first-order valence-corrected chi connectivity index (χ1v) is 28.7. The molecule has 4 aliphatic carbocycles. The lowest BCUT2D eigenvalue weighted by atomic mass is 9.63. The molecule has 0 fully saturated rings. The number of hydrogen-bond donors (Lipinski definition) is 1. The first kappa shape index (κ1) is 56.7. The lowest BCUT2D eigenvalue weighted by molar-refractivity contribution is 0.355. The SMILES string of the molecule is C=C/C=C(\C=C)CC1=CCCC=C1.C=CC.C=NC(/N=C\N)(c1ccccc1)c1ccc(-c2ccc3c(c2)Oc2ccc4c(c2O3)C2C=CC=CC2C4(c2ccccc2)c2ccccc2)cc1.Cc1ccc2c(c1)C(C)(C)c1ccccc1-2. The molecule has 2 N–H and O–H groups in total. The van der Waals surface area contributed by atoms with Gasteiger partial charge in [-0.25, -0.2) is 4.99 Å². The third-order valence-electron chi connectivity index (χ3n) is 16.5. The molecule has 83 heavy (non-hydrogen) atoms. The van der Waals surface area contributed by atoms with Crippen molar-refractivity contribution in [1.82, 2.24) is 0 Å². The molecule has 5 heteroatoms. The smallest absolute Gasteiger partial charge is 0.202 e. The van der Waals surface area contributed by atoms with Gasteiger partial charge in [-0.3, -0.25) is 4.99 Å². The molecule has 412 valence electrons. The third kappa shape index (κ3) is 10.9. The Kier molecular flexibility index (Phi) is 17.1. The summed E-state index contributed by atoms with van der Waals surface area (Å²) in [5.41, 5.74) is 22.9. The van der Waals surface area contributed by atoms with Gasteiger partial charge in [0.25, 0.3) is 0 Å². The zero-order chi connectivity index (χ0) is 58.0. The van der Waals surface area contributed by atoms with Crippen LogP contribution in [0.15, 0.2) is 296 Å². The van der Waals surface area contributed by atoms with Gasteiger partial charge in [-0.1, -0.05) is 269 Å². The summed E-state index contributed by atoms with van der Waals surface area (Å²) in [4.78, 5) is 9.02. The highest BCUT2D eigenvalue weighted by atomic mass is 16.6. The van der Waals surface area contributed by atoms with Crippen molar-refractivity contribution in [2.24, 2.45) is 21.6 Å². The maximum Gasteiger partial charge on any atom is 0.202 e. The Morgan fingerprint density at radius 3 is 1.93 bits per heavy atom. The van der Waals surface area contributed by atoms with Crippen molar-refractivity contribution < 1.29 is 9.47 Å². The standard InChI is InChI=1S/C46H35N3O2.C16H16.C13H16.C3H6/c1-48-46(49-30-47,35-17-9-4-10-18-35)36-24-21-31(22-25-36)32-23-27-40-42(29-32)50-41-28-26-39-43(44(41)51-40)37-19-11-12-20-38(37)45(39,33-13-5-2-6-14-33)34-15-7-3-8-16-34;1-11-8-9-13-12-6-4-5-7-14(12)16(2,3)15(13)10-11;1-3-8-12(4-2)11-13-9-6-5-7-10-13;1-3-2/h2-30,37-38H,1H2,(H2,47,49);4-10H,1-3H3;3-4,6,8-10H,1-2,5,7,11H2;3H,1H2,2H3/b;;12-8+;. The Morgan fingerprint density at radius 1 is 0.651 bits per heavy atom. The highest BCUT2D eigenvalue weighted by Crippen LogP contribution is 2.64. The van der Waals surface area contributed by atoms with Crippen molar-refractivity contribution in [3.63, 3.8) is 0 Å². The molecule has 0 saturated heterocycles. The van der Waals surface area contributed by atoms with E-state index in [1.807, 2.05) is 79.7 Å². The summed E-state index contributed by atoms with van der Waals surface area (Å²) in [5.74, 6) is 3.15. The molecule has 0 radical (unpaired) electrons. The van der Waals surface area contributed by atoms with Crippen molar-refractivity contribution in [1.29, 1.82) is 0 Å². The predicted molar refractivity (Wildman–Crippen MR) is 349 cm³/mol. The summed E-state index contributed by atoms with van der Waals surface area (Å²) >= 11 is 0. The Balaban J connectivity index is 0.000000194. The summed E-state index contributed by atoms with van der Waals surface area (Å²) in [6, 6.07) is 65.8. The van der Waals surface area contributed by atoms with Crippen LogP contribution in [0.4, 0.5) is 0 Å². The van der Waals surface area contributed by atoms with Crippen LogP contribution in [0.5, 0.6) is 23.0 Å². The predicted octanol–water partition coefficient (Wildman–Crippen LogP) is 19.8. The fourth-order valence-corrected chi connectivity index (χ4v) is 12.7. The minimum absolute atomic E-state index is 0.111. The van der Waals surface area contributed by atoms with Crippen LogP contribution in [0, 0.1) is 12.8 Å². The van der Waals surface area contributed by atoms with Crippen molar-refractivity contribution in [3.8, 4) is 45.3 Å². The van der Waals surface area contributed by atoms with Crippen molar-refractivity contribution >= 4 is 13.1 Å². The van der Waals surface area contributed by atoms with Gasteiger partial charge in [-0.15, -0.1) is 6.58 Å². The molecule has 5 nitrogen and oxygen atoms in total. The van der Waals surface area contributed by atoms with Crippen molar-refractivity contribution in [2.75, 3.05) is 0 Å². The lowest BCUT2D eigenvalue weighted by Crippen LogP contribution is -2.34. The number of ether oxygens (including phenoxy) is 2. The lowest BCUT2D eigenvalue weighted by Gasteiger charge is -2.38. The number of allylic oxidation sites excluding steroid dienone is 13. The zero-order valence-electron chi connectivity index (χ0n) is 48.2. The number of nitrogens with zero attached hydrogens (tertiary/aromatic N) is 2. The Labute approximate surface area is 492 Å². The summed E-state index contributed by atoms with van der Waals surface area (Å²) in [6.45, 7) is 23.4. The highest BCUT2D eigenvalue weighted by molar-refractivity contribution is 5.81.